The van der Waals surface area contributed by atoms with Gasteiger partial charge in [-0.15, -0.1) is 0 Å². The predicted octanol–water partition coefficient (Wildman–Crippen LogP) is 2.68. The van der Waals surface area contributed by atoms with Gasteiger partial charge in [0.05, 0.1) is 0 Å². The summed E-state index contributed by atoms with van der Waals surface area (Å²) in [6.07, 6.45) is 5.65. The van der Waals surface area contributed by atoms with Crippen molar-refractivity contribution >= 4 is 5.91 Å². The number of likely N-dealkylation sites (tertiary alicyclic amines) is 1. The zero-order valence-corrected chi connectivity index (χ0v) is 14.2. The number of hydrogen-bond donors (Lipinski definition) is 1. The van der Waals surface area contributed by atoms with E-state index in [1.807, 2.05) is 6.92 Å². The molecule has 0 spiro atoms. The van der Waals surface area contributed by atoms with Gasteiger partial charge in [0.1, 0.15) is 0 Å². The number of hydrogen-bond acceptors (Lipinski definition) is 3. The molecule has 2 aromatic rings. The molecule has 24 heavy (non-hydrogen) atoms. The fourth-order valence-corrected chi connectivity index (χ4v) is 3.27. The molecule has 1 aromatic heterocycles. The summed E-state index contributed by atoms with van der Waals surface area (Å²) in [6.45, 7) is 5.97. The lowest BCUT2D eigenvalue weighted by Crippen LogP contribution is -2.31. The fraction of sp³-hybridized carbons (Fsp3) is 0.400. The summed E-state index contributed by atoms with van der Waals surface area (Å²) in [4.78, 5) is 18.8. The second-order valence-corrected chi connectivity index (χ2v) is 6.59. The number of amides is 1. The summed E-state index contributed by atoms with van der Waals surface area (Å²) in [5, 5.41) is 3.08. The van der Waals surface area contributed by atoms with Crippen molar-refractivity contribution in [1.29, 1.82) is 0 Å². The molecule has 1 amide bonds. The number of nitrogens with zero attached hydrogens (tertiary/aromatic N) is 2. The van der Waals surface area contributed by atoms with Crippen LogP contribution in [0.15, 0.2) is 48.8 Å². The molecule has 1 atom stereocenters. The number of carbonyl (C=O) groups is 1. The van der Waals surface area contributed by atoms with Gasteiger partial charge in [0, 0.05) is 37.6 Å². The third-order valence-corrected chi connectivity index (χ3v) is 4.75. The van der Waals surface area contributed by atoms with Crippen molar-refractivity contribution in [2.45, 2.75) is 19.8 Å². The molecule has 1 aromatic carbocycles. The minimum absolute atomic E-state index is 0.0117. The number of nitrogens with one attached hydrogen (secondary N) is 1. The summed E-state index contributed by atoms with van der Waals surface area (Å²) in [7, 11) is 0. The molecule has 0 aliphatic carbocycles. The number of pyridine rings is 1. The van der Waals surface area contributed by atoms with Crippen LogP contribution in [0.1, 0.15) is 27.9 Å². The van der Waals surface area contributed by atoms with Crippen LogP contribution >= 0.6 is 0 Å². The quantitative estimate of drug-likeness (QED) is 0.889. The van der Waals surface area contributed by atoms with Gasteiger partial charge in [-0.25, -0.2) is 0 Å². The molecule has 4 heteroatoms. The Morgan fingerprint density at radius 3 is 2.92 bits per heavy atom. The van der Waals surface area contributed by atoms with E-state index in [2.05, 4.69) is 45.5 Å². The van der Waals surface area contributed by atoms with Crippen molar-refractivity contribution < 1.29 is 4.79 Å². The van der Waals surface area contributed by atoms with Crippen LogP contribution in [0.25, 0.3) is 0 Å². The van der Waals surface area contributed by atoms with Crippen molar-refractivity contribution in [1.82, 2.24) is 15.2 Å². The second-order valence-electron chi connectivity index (χ2n) is 6.59. The molecule has 1 aliphatic heterocycles. The maximum atomic E-state index is 12.3. The van der Waals surface area contributed by atoms with Gasteiger partial charge in [-0.3, -0.25) is 9.78 Å². The van der Waals surface area contributed by atoms with Crippen molar-refractivity contribution in [2.75, 3.05) is 26.2 Å². The molecule has 0 radical (unpaired) electrons. The van der Waals surface area contributed by atoms with Crippen molar-refractivity contribution in [3.63, 3.8) is 0 Å². The Kier molecular flexibility index (Phi) is 5.59. The molecule has 1 N–H and O–H groups in total. The first-order valence-electron chi connectivity index (χ1n) is 8.67. The molecule has 2 heterocycles. The van der Waals surface area contributed by atoms with Crippen LogP contribution in [0.4, 0.5) is 0 Å². The summed E-state index contributed by atoms with van der Waals surface area (Å²) >= 11 is 0. The third-order valence-electron chi connectivity index (χ3n) is 4.75. The topological polar surface area (TPSA) is 45.2 Å². The molecule has 0 unspecified atom stereocenters. The van der Waals surface area contributed by atoms with E-state index >= 15 is 0 Å². The van der Waals surface area contributed by atoms with Crippen LogP contribution in [0, 0.1) is 12.8 Å². The van der Waals surface area contributed by atoms with E-state index in [-0.39, 0.29) is 5.91 Å². The van der Waals surface area contributed by atoms with Crippen LogP contribution in [0.5, 0.6) is 0 Å². The molecule has 1 saturated heterocycles. The first-order valence-corrected chi connectivity index (χ1v) is 8.67. The molecule has 4 nitrogen and oxygen atoms in total. The van der Waals surface area contributed by atoms with Crippen LogP contribution in [-0.4, -0.2) is 42.0 Å². The van der Waals surface area contributed by atoms with Crippen LogP contribution in [0.3, 0.4) is 0 Å². The standard InChI is InChI=1S/C20H25N3O/c1-16-13-21-10-7-19(16)20(24)22-14-18-9-12-23(15-18)11-8-17-5-3-2-4-6-17/h2-7,10,13,18H,8-9,11-12,14-15H2,1H3,(H,22,24)/t18-/m0/s1. The predicted molar refractivity (Wildman–Crippen MR) is 96.0 cm³/mol. The van der Waals surface area contributed by atoms with Crippen molar-refractivity contribution in [2.24, 2.45) is 5.92 Å². The summed E-state index contributed by atoms with van der Waals surface area (Å²) in [5.41, 5.74) is 3.04. The highest BCUT2D eigenvalue weighted by atomic mass is 16.1. The monoisotopic (exact) mass is 323 g/mol. The van der Waals surface area contributed by atoms with E-state index in [0.717, 1.165) is 50.1 Å². The lowest BCUT2D eigenvalue weighted by molar-refractivity contribution is 0.0946. The Bertz CT molecular complexity index is 672. The van der Waals surface area contributed by atoms with Gasteiger partial charge in [-0.2, -0.15) is 0 Å². The molecule has 1 fully saturated rings. The fourth-order valence-electron chi connectivity index (χ4n) is 3.27. The van der Waals surface area contributed by atoms with Crippen LogP contribution < -0.4 is 5.32 Å². The van der Waals surface area contributed by atoms with E-state index < -0.39 is 0 Å². The Labute approximate surface area is 143 Å². The minimum Gasteiger partial charge on any atom is -0.352 e. The van der Waals surface area contributed by atoms with E-state index in [1.165, 1.54) is 5.56 Å². The molecule has 0 saturated carbocycles. The van der Waals surface area contributed by atoms with E-state index in [1.54, 1.807) is 18.5 Å². The molecule has 3 rings (SSSR count). The third kappa shape index (κ3) is 4.42. The Balaban J connectivity index is 1.42. The maximum absolute atomic E-state index is 12.3. The Hall–Kier alpha value is -2.20. The lowest BCUT2D eigenvalue weighted by Gasteiger charge is -2.16. The minimum atomic E-state index is 0.0117. The molecule has 0 bridgehead atoms. The largest absolute Gasteiger partial charge is 0.352 e. The van der Waals surface area contributed by atoms with Crippen molar-refractivity contribution in [3.8, 4) is 0 Å². The number of benzene rings is 1. The zero-order valence-electron chi connectivity index (χ0n) is 14.2. The average molecular weight is 323 g/mol. The highest BCUT2D eigenvalue weighted by Crippen LogP contribution is 2.16. The summed E-state index contributed by atoms with van der Waals surface area (Å²) in [6, 6.07) is 12.4. The summed E-state index contributed by atoms with van der Waals surface area (Å²) in [5.74, 6) is 0.560. The van der Waals surface area contributed by atoms with Crippen molar-refractivity contribution in [3.05, 3.63) is 65.5 Å². The first-order chi connectivity index (χ1) is 11.7. The number of carbonyl (C=O) groups excluding carboxylic acids is 1. The first kappa shape index (κ1) is 16.7. The lowest BCUT2D eigenvalue weighted by atomic mass is 10.1. The second kappa shape index (κ2) is 8.06. The van der Waals surface area contributed by atoms with Gasteiger partial charge in [-0.05, 0) is 49.4 Å². The maximum Gasteiger partial charge on any atom is 0.251 e. The van der Waals surface area contributed by atoms with Gasteiger partial charge in [0.15, 0.2) is 0 Å². The van der Waals surface area contributed by atoms with Gasteiger partial charge < -0.3 is 10.2 Å². The van der Waals surface area contributed by atoms with E-state index in [0.29, 0.717) is 5.92 Å². The molecule has 1 aliphatic rings. The highest BCUT2D eigenvalue weighted by molar-refractivity contribution is 5.95. The highest BCUT2D eigenvalue weighted by Gasteiger charge is 2.22. The molecule has 126 valence electrons. The smallest absolute Gasteiger partial charge is 0.251 e. The number of rotatable bonds is 6. The van der Waals surface area contributed by atoms with Gasteiger partial charge in [-0.1, -0.05) is 30.3 Å². The van der Waals surface area contributed by atoms with Crippen LogP contribution in [-0.2, 0) is 6.42 Å². The molecular weight excluding hydrogens is 298 g/mol. The van der Waals surface area contributed by atoms with E-state index in [9.17, 15) is 4.79 Å². The van der Waals surface area contributed by atoms with Gasteiger partial charge >= 0.3 is 0 Å². The van der Waals surface area contributed by atoms with Crippen LogP contribution in [0.2, 0.25) is 0 Å². The van der Waals surface area contributed by atoms with Gasteiger partial charge in [0.25, 0.3) is 5.91 Å². The SMILES string of the molecule is Cc1cnccc1C(=O)NC[C@@H]1CCN(CCc2ccccc2)C1. The Morgan fingerprint density at radius 2 is 2.12 bits per heavy atom. The number of aromatic nitrogens is 1. The normalized spacial score (nSPS) is 17.8. The molecular formula is C20H25N3O. The Morgan fingerprint density at radius 1 is 1.29 bits per heavy atom. The summed E-state index contributed by atoms with van der Waals surface area (Å²) < 4.78 is 0. The van der Waals surface area contributed by atoms with Gasteiger partial charge in [0.2, 0.25) is 0 Å². The van der Waals surface area contributed by atoms with E-state index in [4.69, 9.17) is 0 Å². The average Bonchev–Trinajstić information content (AvgIpc) is 3.07. The zero-order chi connectivity index (χ0) is 16.8. The number of aryl methyl sites for hydroxylation is 1.